The number of nitrogens with zero attached hydrogens (tertiary/aromatic N) is 3. The Hall–Kier alpha value is -1.57. The minimum Gasteiger partial charge on any atom is -0.379 e. The van der Waals surface area contributed by atoms with Gasteiger partial charge in [0, 0.05) is 32.3 Å². The van der Waals surface area contributed by atoms with Crippen molar-refractivity contribution in [2.75, 3.05) is 26.5 Å². The van der Waals surface area contributed by atoms with Gasteiger partial charge in [-0.05, 0) is 38.5 Å². The lowest BCUT2D eigenvalue weighted by Crippen LogP contribution is -2.26. The Morgan fingerprint density at radius 3 is 2.77 bits per heavy atom. The number of benzene rings is 1. The van der Waals surface area contributed by atoms with Crippen LogP contribution in [0.2, 0.25) is 5.02 Å². The summed E-state index contributed by atoms with van der Waals surface area (Å²) in [6.45, 7) is 4.99. The van der Waals surface area contributed by atoms with Crippen LogP contribution in [-0.2, 0) is 16.1 Å². The van der Waals surface area contributed by atoms with Gasteiger partial charge in [0.1, 0.15) is 0 Å². The van der Waals surface area contributed by atoms with Crippen LogP contribution in [0.15, 0.2) is 28.2 Å². The molecule has 1 heterocycles. The molecule has 6 nitrogen and oxygen atoms in total. The molecule has 1 aromatic heterocycles. The van der Waals surface area contributed by atoms with Crippen LogP contribution in [0.4, 0.5) is 0 Å². The number of halogens is 1. The fraction of sp³-hybridized carbons (Fsp3) is 0.500. The van der Waals surface area contributed by atoms with Crippen molar-refractivity contribution >= 4 is 40.2 Å². The molecule has 1 aromatic carbocycles. The quantitative estimate of drug-likeness (QED) is 0.389. The Bertz CT molecular complexity index is 836. The van der Waals surface area contributed by atoms with Crippen molar-refractivity contribution in [3.05, 3.63) is 33.6 Å². The van der Waals surface area contributed by atoms with E-state index in [0.717, 1.165) is 0 Å². The predicted molar refractivity (Wildman–Crippen MR) is 106 cm³/mol. The van der Waals surface area contributed by atoms with Crippen LogP contribution in [-0.4, -0.2) is 52.9 Å². The van der Waals surface area contributed by atoms with Gasteiger partial charge < -0.3 is 9.64 Å². The van der Waals surface area contributed by atoms with Crippen LogP contribution in [0.5, 0.6) is 0 Å². The summed E-state index contributed by atoms with van der Waals surface area (Å²) < 4.78 is 7.17. The third-order valence-corrected chi connectivity index (χ3v) is 4.88. The zero-order valence-corrected chi connectivity index (χ0v) is 17.1. The molecule has 2 rings (SSSR count). The predicted octanol–water partition coefficient (Wildman–Crippen LogP) is 3.05. The summed E-state index contributed by atoms with van der Waals surface area (Å²) in [6, 6.07) is 5.04. The number of thioether (sulfide) groups is 1. The Labute approximate surface area is 162 Å². The number of carbonyl (C=O) groups excluding carboxylic acids is 1. The molecule has 8 heteroatoms. The molecular weight excluding hydrogens is 374 g/mol. The molecule has 0 radical (unpaired) electrons. The molecular formula is C18H24ClN3O3S. The normalized spacial score (nSPS) is 11.3. The molecule has 0 saturated carbocycles. The van der Waals surface area contributed by atoms with Crippen molar-refractivity contribution in [3.63, 3.8) is 0 Å². The molecule has 0 atom stereocenters. The number of rotatable bonds is 8. The van der Waals surface area contributed by atoms with Crippen LogP contribution in [0, 0.1) is 0 Å². The van der Waals surface area contributed by atoms with Crippen molar-refractivity contribution in [2.24, 2.45) is 0 Å². The van der Waals surface area contributed by atoms with Gasteiger partial charge in [-0.2, -0.15) is 0 Å². The highest BCUT2D eigenvalue weighted by Crippen LogP contribution is 2.21. The van der Waals surface area contributed by atoms with Crippen molar-refractivity contribution in [2.45, 2.75) is 38.1 Å². The third-order valence-electron chi connectivity index (χ3n) is 3.68. The van der Waals surface area contributed by atoms with E-state index in [1.54, 1.807) is 36.9 Å². The SMILES string of the molecule is CC(C)OCCCn1c(SCC(=O)N(C)C)nc2cc(Cl)ccc2c1=O. The molecule has 0 aliphatic carbocycles. The van der Waals surface area contributed by atoms with Crippen LogP contribution in [0.25, 0.3) is 10.9 Å². The van der Waals surface area contributed by atoms with Gasteiger partial charge in [0.05, 0.1) is 22.8 Å². The summed E-state index contributed by atoms with van der Waals surface area (Å²) in [5.74, 6) is 0.179. The van der Waals surface area contributed by atoms with Gasteiger partial charge in [0.15, 0.2) is 5.16 Å². The van der Waals surface area contributed by atoms with E-state index in [1.165, 1.54) is 16.7 Å². The van der Waals surface area contributed by atoms with E-state index in [9.17, 15) is 9.59 Å². The third kappa shape index (κ3) is 5.46. The zero-order valence-electron chi connectivity index (χ0n) is 15.5. The Morgan fingerprint density at radius 1 is 1.38 bits per heavy atom. The molecule has 0 N–H and O–H groups in total. The molecule has 0 fully saturated rings. The second-order valence-corrected chi connectivity index (χ2v) is 7.74. The van der Waals surface area contributed by atoms with Crippen molar-refractivity contribution in [1.82, 2.24) is 14.5 Å². The first-order valence-electron chi connectivity index (χ1n) is 8.44. The average molecular weight is 398 g/mol. The highest BCUT2D eigenvalue weighted by atomic mass is 35.5. The first-order valence-corrected chi connectivity index (χ1v) is 9.80. The first kappa shape index (κ1) is 20.7. The number of hydrogen-bond acceptors (Lipinski definition) is 5. The summed E-state index contributed by atoms with van der Waals surface area (Å²) >= 11 is 7.29. The molecule has 1 amide bonds. The fourth-order valence-electron chi connectivity index (χ4n) is 2.28. The summed E-state index contributed by atoms with van der Waals surface area (Å²) in [5, 5.41) is 1.56. The number of amides is 1. The van der Waals surface area contributed by atoms with Crippen molar-refractivity contribution in [3.8, 4) is 0 Å². The lowest BCUT2D eigenvalue weighted by molar-refractivity contribution is -0.125. The first-order chi connectivity index (χ1) is 12.3. The summed E-state index contributed by atoms with van der Waals surface area (Å²) in [4.78, 5) is 30.9. The van der Waals surface area contributed by atoms with Crippen LogP contribution in [0.1, 0.15) is 20.3 Å². The fourth-order valence-corrected chi connectivity index (χ4v) is 3.45. The minimum atomic E-state index is -0.129. The Balaban J connectivity index is 2.33. The molecule has 2 aromatic rings. The van der Waals surface area contributed by atoms with E-state index < -0.39 is 0 Å². The van der Waals surface area contributed by atoms with Crippen molar-refractivity contribution in [1.29, 1.82) is 0 Å². The van der Waals surface area contributed by atoms with E-state index >= 15 is 0 Å². The van der Waals surface area contributed by atoms with Gasteiger partial charge in [0.2, 0.25) is 5.91 Å². The lowest BCUT2D eigenvalue weighted by atomic mass is 10.2. The summed E-state index contributed by atoms with van der Waals surface area (Å²) in [7, 11) is 3.40. The summed E-state index contributed by atoms with van der Waals surface area (Å²) in [5.41, 5.74) is 0.410. The molecule has 0 spiro atoms. The maximum atomic E-state index is 12.9. The van der Waals surface area contributed by atoms with E-state index in [1.807, 2.05) is 13.8 Å². The van der Waals surface area contributed by atoms with E-state index in [-0.39, 0.29) is 23.3 Å². The zero-order chi connectivity index (χ0) is 19.3. The minimum absolute atomic E-state index is 0.0369. The average Bonchev–Trinajstić information content (AvgIpc) is 2.57. The number of carbonyl (C=O) groups is 1. The highest BCUT2D eigenvalue weighted by molar-refractivity contribution is 7.99. The molecule has 0 bridgehead atoms. The van der Waals surface area contributed by atoms with E-state index in [2.05, 4.69) is 4.98 Å². The molecule has 0 saturated heterocycles. The highest BCUT2D eigenvalue weighted by Gasteiger charge is 2.14. The molecule has 26 heavy (non-hydrogen) atoms. The molecule has 0 unspecified atom stereocenters. The van der Waals surface area contributed by atoms with Crippen molar-refractivity contribution < 1.29 is 9.53 Å². The van der Waals surface area contributed by atoms with Crippen LogP contribution >= 0.6 is 23.4 Å². The standard InChI is InChI=1S/C18H24ClN3O3S/c1-12(2)25-9-5-8-22-17(24)14-7-6-13(19)10-15(14)20-18(22)26-11-16(23)21(3)4/h6-7,10,12H,5,8-9,11H2,1-4H3. The second kappa shape index (κ2) is 9.39. The van der Waals surface area contributed by atoms with Gasteiger partial charge in [-0.1, -0.05) is 23.4 Å². The largest absolute Gasteiger partial charge is 0.379 e. The smallest absolute Gasteiger partial charge is 0.262 e. The second-order valence-electron chi connectivity index (χ2n) is 6.36. The maximum Gasteiger partial charge on any atom is 0.262 e. The van der Waals surface area contributed by atoms with Gasteiger partial charge in [0.25, 0.3) is 5.56 Å². The summed E-state index contributed by atoms with van der Waals surface area (Å²) in [6.07, 6.45) is 0.837. The van der Waals surface area contributed by atoms with Gasteiger partial charge in [-0.15, -0.1) is 0 Å². The monoisotopic (exact) mass is 397 g/mol. The van der Waals surface area contributed by atoms with E-state index in [0.29, 0.717) is 40.7 Å². The Morgan fingerprint density at radius 2 is 2.12 bits per heavy atom. The van der Waals surface area contributed by atoms with Gasteiger partial charge >= 0.3 is 0 Å². The van der Waals surface area contributed by atoms with Crippen LogP contribution in [0.3, 0.4) is 0 Å². The van der Waals surface area contributed by atoms with Gasteiger partial charge in [-0.3, -0.25) is 14.2 Å². The maximum absolute atomic E-state index is 12.9. The Kier molecular flexibility index (Phi) is 7.49. The van der Waals surface area contributed by atoms with Gasteiger partial charge in [-0.25, -0.2) is 4.98 Å². The number of hydrogen-bond donors (Lipinski definition) is 0. The number of aromatic nitrogens is 2. The van der Waals surface area contributed by atoms with Crippen LogP contribution < -0.4 is 5.56 Å². The molecule has 0 aliphatic rings. The molecule has 142 valence electrons. The molecule has 0 aliphatic heterocycles. The number of fused-ring (bicyclic) bond motifs is 1. The number of ether oxygens (including phenoxy) is 1. The van der Waals surface area contributed by atoms with E-state index in [4.69, 9.17) is 16.3 Å². The lowest BCUT2D eigenvalue weighted by Gasteiger charge is -2.15. The topological polar surface area (TPSA) is 64.4 Å².